The molecule has 0 saturated heterocycles. The first-order valence-electron chi connectivity index (χ1n) is 16.2. The second-order valence-corrected chi connectivity index (χ2v) is 15.0. The largest absolute Gasteiger partial charge is 0.496 e. The number of hydrogen-bond donors (Lipinski definition) is 0. The van der Waals surface area contributed by atoms with Gasteiger partial charge in [0.05, 0.1) is 23.9 Å². The summed E-state index contributed by atoms with van der Waals surface area (Å²) in [4.78, 5) is 29.6. The van der Waals surface area contributed by atoms with Crippen LogP contribution < -0.4 is 9.64 Å². The fourth-order valence-electron chi connectivity index (χ4n) is 6.45. The van der Waals surface area contributed by atoms with E-state index in [9.17, 15) is 9.59 Å². The van der Waals surface area contributed by atoms with E-state index in [-0.39, 0.29) is 23.3 Å². The number of methoxy groups -OCH3 is 1. The van der Waals surface area contributed by atoms with Gasteiger partial charge in [0.1, 0.15) is 12.4 Å². The fraction of sp³-hybridized carbons (Fsp3) is 0.333. The summed E-state index contributed by atoms with van der Waals surface area (Å²) >= 11 is 0. The molecule has 0 radical (unpaired) electrons. The molecule has 5 heteroatoms. The van der Waals surface area contributed by atoms with Crippen LogP contribution in [0.3, 0.4) is 0 Å². The molecule has 1 aliphatic rings. The normalized spacial score (nSPS) is 14.3. The molecule has 5 rings (SSSR count). The van der Waals surface area contributed by atoms with Crippen molar-refractivity contribution in [2.24, 2.45) is 0 Å². The molecule has 47 heavy (non-hydrogen) atoms. The van der Waals surface area contributed by atoms with E-state index in [1.54, 1.807) is 7.11 Å². The molecule has 0 aromatic heterocycles. The van der Waals surface area contributed by atoms with E-state index in [0.717, 1.165) is 39.1 Å². The SMILES string of the molecule is COc1ccccc1-c1ccc2c(c1COC(=O)c1ccc(C(C)(C)C)cc1)C(C)=CC(C)(C)N2C(=O)c1ccc(C(C)(C)C)cc1. The van der Waals surface area contributed by atoms with Crippen LogP contribution in [0.5, 0.6) is 5.75 Å². The van der Waals surface area contributed by atoms with Gasteiger partial charge in [0.25, 0.3) is 5.91 Å². The van der Waals surface area contributed by atoms with Crippen LogP contribution in [-0.2, 0) is 22.2 Å². The Kier molecular flexibility index (Phi) is 8.98. The molecule has 0 aliphatic carbocycles. The van der Waals surface area contributed by atoms with Gasteiger partial charge in [-0.05, 0) is 90.3 Å². The highest BCUT2D eigenvalue weighted by atomic mass is 16.5. The molecule has 1 heterocycles. The standard InChI is InChI=1S/C42H47NO4/c1-27-25-42(8,9)43(38(44)28-15-19-30(20-16-28)40(2,3)4)35-24-23-32(33-13-11-12-14-36(33)46-10)34(37(27)35)26-47-39(45)29-17-21-31(22-18-29)41(5,6)7/h11-25H,26H2,1-10H3. The maximum Gasteiger partial charge on any atom is 0.338 e. The summed E-state index contributed by atoms with van der Waals surface area (Å²) in [7, 11) is 1.65. The van der Waals surface area contributed by atoms with Crippen molar-refractivity contribution < 1.29 is 19.1 Å². The number of benzene rings is 4. The van der Waals surface area contributed by atoms with Crippen LogP contribution in [0.2, 0.25) is 0 Å². The smallest absolute Gasteiger partial charge is 0.338 e. The van der Waals surface area contributed by atoms with Gasteiger partial charge < -0.3 is 9.47 Å². The van der Waals surface area contributed by atoms with Crippen LogP contribution >= 0.6 is 0 Å². The molecule has 4 aromatic carbocycles. The highest BCUT2D eigenvalue weighted by molar-refractivity contribution is 6.10. The van der Waals surface area contributed by atoms with E-state index in [1.807, 2.05) is 89.8 Å². The summed E-state index contributed by atoms with van der Waals surface area (Å²) < 4.78 is 11.8. The van der Waals surface area contributed by atoms with E-state index in [1.165, 1.54) is 5.56 Å². The minimum absolute atomic E-state index is 0.0182. The summed E-state index contributed by atoms with van der Waals surface area (Å²) in [6.45, 7) is 19.1. The van der Waals surface area contributed by atoms with Gasteiger partial charge in [-0.15, -0.1) is 0 Å². The van der Waals surface area contributed by atoms with Crippen molar-refractivity contribution >= 4 is 23.1 Å². The Hall–Kier alpha value is -4.64. The lowest BCUT2D eigenvalue weighted by Crippen LogP contribution is -2.49. The Bertz CT molecular complexity index is 1830. The lowest BCUT2D eigenvalue weighted by atomic mass is 9.83. The van der Waals surface area contributed by atoms with Crippen molar-refractivity contribution in [1.29, 1.82) is 0 Å². The molecule has 0 spiro atoms. The number of fused-ring (bicyclic) bond motifs is 1. The van der Waals surface area contributed by atoms with Gasteiger partial charge in [0.2, 0.25) is 0 Å². The molecule has 1 aliphatic heterocycles. The minimum atomic E-state index is -0.606. The molecule has 0 bridgehead atoms. The van der Waals surface area contributed by atoms with Crippen molar-refractivity contribution in [2.45, 2.75) is 85.3 Å². The van der Waals surface area contributed by atoms with Crippen LogP contribution in [-0.4, -0.2) is 24.5 Å². The quantitative estimate of drug-likeness (QED) is 0.199. The summed E-state index contributed by atoms with van der Waals surface area (Å²) in [5.74, 6) is 0.216. The first-order valence-corrected chi connectivity index (χ1v) is 16.2. The monoisotopic (exact) mass is 629 g/mol. The number of allylic oxidation sites excluding steroid dienone is 1. The van der Waals surface area contributed by atoms with Crippen molar-refractivity contribution in [3.8, 4) is 16.9 Å². The number of carbonyl (C=O) groups is 2. The zero-order chi connectivity index (χ0) is 34.3. The lowest BCUT2D eigenvalue weighted by molar-refractivity contribution is 0.0472. The minimum Gasteiger partial charge on any atom is -0.496 e. The molecule has 0 atom stereocenters. The van der Waals surface area contributed by atoms with Gasteiger partial charge in [0, 0.05) is 22.3 Å². The maximum absolute atomic E-state index is 14.4. The van der Waals surface area contributed by atoms with E-state index in [2.05, 4.69) is 68.4 Å². The van der Waals surface area contributed by atoms with Gasteiger partial charge >= 0.3 is 5.97 Å². The molecule has 0 N–H and O–H groups in total. The third-order valence-corrected chi connectivity index (χ3v) is 9.00. The first-order chi connectivity index (χ1) is 22.0. The Morgan fingerprint density at radius 3 is 1.83 bits per heavy atom. The molecule has 244 valence electrons. The summed E-state index contributed by atoms with van der Waals surface area (Å²) in [5.41, 5.74) is 8.01. The lowest BCUT2D eigenvalue weighted by Gasteiger charge is -2.42. The van der Waals surface area contributed by atoms with Crippen molar-refractivity contribution in [3.63, 3.8) is 0 Å². The second kappa shape index (κ2) is 12.5. The number of para-hydroxylation sites is 1. The Labute approximate surface area is 280 Å². The van der Waals surface area contributed by atoms with Gasteiger partial charge in [0.15, 0.2) is 0 Å². The van der Waals surface area contributed by atoms with Crippen molar-refractivity contribution in [1.82, 2.24) is 0 Å². The number of ether oxygens (including phenoxy) is 2. The maximum atomic E-state index is 14.4. The van der Waals surface area contributed by atoms with Crippen molar-refractivity contribution in [3.05, 3.63) is 124 Å². The molecule has 5 nitrogen and oxygen atoms in total. The molecule has 1 amide bonds. The van der Waals surface area contributed by atoms with Crippen LogP contribution in [0.15, 0.2) is 91.0 Å². The Balaban J connectivity index is 1.61. The third-order valence-electron chi connectivity index (χ3n) is 9.00. The number of nitrogens with zero attached hydrogens (tertiary/aromatic N) is 1. The predicted octanol–water partition coefficient (Wildman–Crippen LogP) is 10.2. The highest BCUT2D eigenvalue weighted by Crippen LogP contribution is 2.46. The van der Waals surface area contributed by atoms with Crippen LogP contribution in [0.1, 0.15) is 105 Å². The number of carbonyl (C=O) groups excluding carboxylic acids is 2. The van der Waals surface area contributed by atoms with Crippen LogP contribution in [0.25, 0.3) is 16.7 Å². The van der Waals surface area contributed by atoms with Gasteiger partial charge in [-0.3, -0.25) is 9.69 Å². The predicted molar refractivity (Wildman–Crippen MR) is 192 cm³/mol. The zero-order valence-corrected chi connectivity index (χ0v) is 29.4. The molecular weight excluding hydrogens is 582 g/mol. The van der Waals surface area contributed by atoms with E-state index in [0.29, 0.717) is 16.9 Å². The molecule has 0 unspecified atom stereocenters. The van der Waals surface area contributed by atoms with E-state index in [4.69, 9.17) is 9.47 Å². The summed E-state index contributed by atoms with van der Waals surface area (Å²) in [6, 6.07) is 27.4. The van der Waals surface area contributed by atoms with E-state index < -0.39 is 11.5 Å². The average Bonchev–Trinajstić information content (AvgIpc) is 3.02. The Morgan fingerprint density at radius 2 is 1.28 bits per heavy atom. The number of esters is 1. The van der Waals surface area contributed by atoms with Crippen molar-refractivity contribution in [2.75, 3.05) is 12.0 Å². The number of rotatable bonds is 6. The van der Waals surface area contributed by atoms with E-state index >= 15 is 0 Å². The third kappa shape index (κ3) is 6.76. The van der Waals surface area contributed by atoms with Gasteiger partial charge in [-0.25, -0.2) is 4.79 Å². The van der Waals surface area contributed by atoms with Gasteiger partial charge in [-0.1, -0.05) is 96.1 Å². The topological polar surface area (TPSA) is 55.8 Å². The molecule has 0 saturated carbocycles. The highest BCUT2D eigenvalue weighted by Gasteiger charge is 2.38. The zero-order valence-electron chi connectivity index (χ0n) is 29.4. The second-order valence-electron chi connectivity index (χ2n) is 15.0. The Morgan fingerprint density at radius 1 is 0.723 bits per heavy atom. The number of amides is 1. The molecule has 4 aromatic rings. The molecular formula is C42H47NO4. The van der Waals surface area contributed by atoms with Gasteiger partial charge in [-0.2, -0.15) is 0 Å². The van der Waals surface area contributed by atoms with Crippen LogP contribution in [0.4, 0.5) is 5.69 Å². The summed E-state index contributed by atoms with van der Waals surface area (Å²) in [5, 5.41) is 0. The first kappa shape index (κ1) is 33.7. The molecule has 0 fully saturated rings. The average molecular weight is 630 g/mol. The summed E-state index contributed by atoms with van der Waals surface area (Å²) in [6.07, 6.45) is 2.12. The fourth-order valence-corrected chi connectivity index (χ4v) is 6.45. The van der Waals surface area contributed by atoms with Crippen LogP contribution in [0, 0.1) is 0 Å². The number of anilines is 1. The number of hydrogen-bond acceptors (Lipinski definition) is 4.